The van der Waals surface area contributed by atoms with E-state index in [0.717, 1.165) is 23.7 Å². The third kappa shape index (κ3) is 2.09. The summed E-state index contributed by atoms with van der Waals surface area (Å²) in [4.78, 5) is 15.9. The van der Waals surface area contributed by atoms with Crippen LogP contribution in [0.25, 0.3) is 11.2 Å². The number of anilines is 1. The molecule has 0 aromatic carbocycles. The Morgan fingerprint density at radius 3 is 2.88 bits per heavy atom. The number of nitrogens with one attached hydrogen (secondary N) is 1. The smallest absolute Gasteiger partial charge is 0.183 e. The number of imidazole rings is 1. The molecule has 0 aliphatic heterocycles. The van der Waals surface area contributed by atoms with Crippen LogP contribution in [0.1, 0.15) is 37.9 Å². The van der Waals surface area contributed by atoms with Crippen LogP contribution in [-0.4, -0.2) is 19.9 Å². The van der Waals surface area contributed by atoms with Crippen LogP contribution in [0.3, 0.4) is 0 Å². The Morgan fingerprint density at radius 1 is 1.24 bits per heavy atom. The molecular weight excluding hydrogens is 214 g/mol. The van der Waals surface area contributed by atoms with Crippen molar-refractivity contribution in [1.29, 1.82) is 0 Å². The highest BCUT2D eigenvalue weighted by Crippen LogP contribution is 2.26. The van der Waals surface area contributed by atoms with Crippen molar-refractivity contribution in [2.75, 3.05) is 5.73 Å². The van der Waals surface area contributed by atoms with Gasteiger partial charge in [0.2, 0.25) is 0 Å². The standard InChI is InChI=1S/C12H17N5/c13-11-10-12(15-7-14-10)17-9(16-11)6-8-4-2-1-3-5-8/h7-8H,1-6H2,(H3,13,14,15,16,17). The van der Waals surface area contributed by atoms with Gasteiger partial charge in [0, 0.05) is 6.42 Å². The molecular formula is C12H17N5. The quantitative estimate of drug-likeness (QED) is 0.829. The van der Waals surface area contributed by atoms with Gasteiger partial charge in [-0.3, -0.25) is 0 Å². The van der Waals surface area contributed by atoms with E-state index < -0.39 is 0 Å². The largest absolute Gasteiger partial charge is 0.382 e. The van der Waals surface area contributed by atoms with E-state index in [0.29, 0.717) is 11.5 Å². The van der Waals surface area contributed by atoms with Gasteiger partial charge in [0.25, 0.3) is 0 Å². The van der Waals surface area contributed by atoms with E-state index in [1.54, 1.807) is 6.33 Å². The van der Waals surface area contributed by atoms with Crippen LogP contribution in [0.2, 0.25) is 0 Å². The number of hydrogen-bond donors (Lipinski definition) is 2. The molecule has 1 saturated carbocycles. The van der Waals surface area contributed by atoms with Gasteiger partial charge in [-0.25, -0.2) is 15.0 Å². The van der Waals surface area contributed by atoms with Crippen LogP contribution in [0, 0.1) is 5.92 Å². The summed E-state index contributed by atoms with van der Waals surface area (Å²) in [6, 6.07) is 0. The van der Waals surface area contributed by atoms with Crippen LogP contribution in [-0.2, 0) is 6.42 Å². The van der Waals surface area contributed by atoms with Gasteiger partial charge in [-0.05, 0) is 5.92 Å². The first-order valence-corrected chi connectivity index (χ1v) is 6.28. The summed E-state index contributed by atoms with van der Waals surface area (Å²) < 4.78 is 0. The third-order valence-electron chi connectivity index (χ3n) is 3.56. The van der Waals surface area contributed by atoms with Gasteiger partial charge in [-0.2, -0.15) is 0 Å². The second kappa shape index (κ2) is 4.31. The summed E-state index contributed by atoms with van der Waals surface area (Å²) in [6.07, 6.45) is 9.18. The maximum absolute atomic E-state index is 5.88. The second-order valence-electron chi connectivity index (χ2n) is 4.83. The molecule has 1 aliphatic rings. The van der Waals surface area contributed by atoms with E-state index in [1.807, 2.05) is 0 Å². The predicted molar refractivity (Wildman–Crippen MR) is 66.4 cm³/mol. The van der Waals surface area contributed by atoms with E-state index in [4.69, 9.17) is 5.73 Å². The predicted octanol–water partition coefficient (Wildman–Crippen LogP) is 2.06. The number of aromatic nitrogens is 4. The van der Waals surface area contributed by atoms with Crippen molar-refractivity contribution in [3.63, 3.8) is 0 Å². The van der Waals surface area contributed by atoms with Crippen molar-refractivity contribution in [3.05, 3.63) is 12.2 Å². The van der Waals surface area contributed by atoms with Crippen molar-refractivity contribution in [1.82, 2.24) is 19.9 Å². The zero-order valence-electron chi connectivity index (χ0n) is 9.82. The maximum Gasteiger partial charge on any atom is 0.183 e. The van der Waals surface area contributed by atoms with Crippen LogP contribution in [0.5, 0.6) is 0 Å². The first kappa shape index (κ1) is 10.5. The van der Waals surface area contributed by atoms with Gasteiger partial charge >= 0.3 is 0 Å². The molecule has 3 rings (SSSR count). The average molecular weight is 231 g/mol. The molecule has 0 bridgehead atoms. The minimum atomic E-state index is 0.512. The molecule has 90 valence electrons. The number of aromatic amines is 1. The molecule has 0 radical (unpaired) electrons. The van der Waals surface area contributed by atoms with E-state index in [2.05, 4.69) is 19.9 Å². The van der Waals surface area contributed by atoms with Crippen molar-refractivity contribution in [3.8, 4) is 0 Å². The van der Waals surface area contributed by atoms with Crippen molar-refractivity contribution >= 4 is 17.0 Å². The third-order valence-corrected chi connectivity index (χ3v) is 3.56. The lowest BCUT2D eigenvalue weighted by Crippen LogP contribution is -2.12. The first-order valence-electron chi connectivity index (χ1n) is 6.28. The Balaban J connectivity index is 1.84. The molecule has 5 nitrogen and oxygen atoms in total. The van der Waals surface area contributed by atoms with Gasteiger partial charge < -0.3 is 10.7 Å². The van der Waals surface area contributed by atoms with E-state index in [9.17, 15) is 0 Å². The van der Waals surface area contributed by atoms with Gasteiger partial charge in [0.15, 0.2) is 11.5 Å². The molecule has 2 aromatic heterocycles. The fraction of sp³-hybridized carbons (Fsp3) is 0.583. The van der Waals surface area contributed by atoms with Crippen LogP contribution in [0.15, 0.2) is 6.33 Å². The number of rotatable bonds is 2. The molecule has 0 unspecified atom stereocenters. The lowest BCUT2D eigenvalue weighted by atomic mass is 9.87. The van der Waals surface area contributed by atoms with Gasteiger partial charge in [0.05, 0.1) is 6.33 Å². The topological polar surface area (TPSA) is 80.5 Å². The Kier molecular flexibility index (Phi) is 2.66. The number of hydrogen-bond acceptors (Lipinski definition) is 4. The Bertz CT molecular complexity index is 513. The SMILES string of the molecule is Nc1nc(CC2CCCCC2)nc2nc[nH]c12. The summed E-state index contributed by atoms with van der Waals surface area (Å²) in [7, 11) is 0. The van der Waals surface area contributed by atoms with Crippen LogP contribution >= 0.6 is 0 Å². The molecule has 1 aliphatic carbocycles. The van der Waals surface area contributed by atoms with Crippen LogP contribution < -0.4 is 5.73 Å². The van der Waals surface area contributed by atoms with Gasteiger partial charge in [-0.1, -0.05) is 32.1 Å². The summed E-state index contributed by atoms with van der Waals surface area (Å²) in [5.41, 5.74) is 7.32. The molecule has 0 saturated heterocycles. The second-order valence-corrected chi connectivity index (χ2v) is 4.83. The molecule has 3 N–H and O–H groups in total. The Hall–Kier alpha value is -1.65. The van der Waals surface area contributed by atoms with E-state index >= 15 is 0 Å². The highest BCUT2D eigenvalue weighted by atomic mass is 15.0. The molecule has 2 aromatic rings. The number of nitrogens with two attached hydrogens (primary N) is 1. The fourth-order valence-corrected chi connectivity index (χ4v) is 2.64. The molecule has 0 spiro atoms. The van der Waals surface area contributed by atoms with E-state index in [-0.39, 0.29) is 0 Å². The fourth-order valence-electron chi connectivity index (χ4n) is 2.64. The van der Waals surface area contributed by atoms with Crippen molar-refractivity contribution in [2.24, 2.45) is 5.92 Å². The minimum Gasteiger partial charge on any atom is -0.382 e. The van der Waals surface area contributed by atoms with Crippen molar-refractivity contribution in [2.45, 2.75) is 38.5 Å². The minimum absolute atomic E-state index is 0.512. The molecule has 1 fully saturated rings. The Morgan fingerprint density at radius 2 is 2.06 bits per heavy atom. The highest BCUT2D eigenvalue weighted by molar-refractivity contribution is 5.80. The van der Waals surface area contributed by atoms with Crippen molar-refractivity contribution < 1.29 is 0 Å². The number of nitrogen functional groups attached to an aromatic ring is 1. The maximum atomic E-state index is 5.88. The average Bonchev–Trinajstić information content (AvgIpc) is 2.79. The summed E-state index contributed by atoms with van der Waals surface area (Å²) in [5.74, 6) is 2.08. The zero-order chi connectivity index (χ0) is 11.7. The van der Waals surface area contributed by atoms with E-state index in [1.165, 1.54) is 32.1 Å². The monoisotopic (exact) mass is 231 g/mol. The molecule has 0 atom stereocenters. The zero-order valence-corrected chi connectivity index (χ0v) is 9.82. The van der Waals surface area contributed by atoms with Gasteiger partial charge in [0.1, 0.15) is 11.3 Å². The first-order chi connectivity index (χ1) is 8.33. The Labute approximate surface area is 99.9 Å². The lowest BCUT2D eigenvalue weighted by molar-refractivity contribution is 0.352. The number of H-pyrrole nitrogens is 1. The summed E-state index contributed by atoms with van der Waals surface area (Å²) >= 11 is 0. The highest BCUT2D eigenvalue weighted by Gasteiger charge is 2.16. The number of fused-ring (bicyclic) bond motifs is 1. The summed E-state index contributed by atoms with van der Waals surface area (Å²) in [5, 5.41) is 0. The van der Waals surface area contributed by atoms with Gasteiger partial charge in [-0.15, -0.1) is 0 Å². The molecule has 5 heteroatoms. The molecule has 17 heavy (non-hydrogen) atoms. The normalized spacial score (nSPS) is 17.6. The van der Waals surface area contributed by atoms with Crippen LogP contribution in [0.4, 0.5) is 5.82 Å². The molecule has 0 amide bonds. The summed E-state index contributed by atoms with van der Waals surface area (Å²) in [6.45, 7) is 0. The molecule has 2 heterocycles. The number of nitrogens with zero attached hydrogens (tertiary/aromatic N) is 3. The lowest BCUT2D eigenvalue weighted by Gasteiger charge is -2.20.